The number of esters is 1. The average molecular weight is 466 g/mol. The first kappa shape index (κ1) is 23.7. The second-order valence-electron chi connectivity index (χ2n) is 8.09. The lowest BCUT2D eigenvalue weighted by Gasteiger charge is -2.19. The van der Waals surface area contributed by atoms with Gasteiger partial charge in [-0.2, -0.15) is 5.10 Å². The van der Waals surface area contributed by atoms with E-state index >= 15 is 0 Å². The number of hydrogen-bond donors (Lipinski definition) is 1. The normalized spacial score (nSPS) is 11.1. The van der Waals surface area contributed by atoms with Gasteiger partial charge < -0.3 is 10.1 Å². The van der Waals surface area contributed by atoms with Crippen molar-refractivity contribution in [2.75, 3.05) is 6.61 Å². The van der Waals surface area contributed by atoms with Crippen molar-refractivity contribution in [1.29, 1.82) is 0 Å². The van der Waals surface area contributed by atoms with Gasteiger partial charge in [0.15, 0.2) is 6.61 Å². The molecule has 0 bridgehead atoms. The molecule has 176 valence electrons. The minimum atomic E-state index is -0.595. The van der Waals surface area contributed by atoms with E-state index in [2.05, 4.69) is 10.4 Å². The number of aromatic nitrogens is 2. The number of carbonyl (C=O) groups is 2. The van der Waals surface area contributed by atoms with Gasteiger partial charge >= 0.3 is 5.97 Å². The number of nitrogens with one attached hydrogen (secondary N) is 1. The fraction of sp³-hybridized carbons (Fsp3) is 0.138. The molecule has 0 aliphatic carbocycles. The van der Waals surface area contributed by atoms with Gasteiger partial charge in [0.1, 0.15) is 0 Å². The SMILES string of the molecule is Cc1nn(-c2ccccc2)c(C)c1C=CC(=O)OCC(=O)NC(c1ccccc1)c1ccccc1. The van der Waals surface area contributed by atoms with Crippen LogP contribution in [-0.2, 0) is 14.3 Å². The van der Waals surface area contributed by atoms with E-state index in [0.29, 0.717) is 0 Å². The second kappa shape index (κ2) is 11.1. The molecule has 1 N–H and O–H groups in total. The molecule has 35 heavy (non-hydrogen) atoms. The molecule has 6 nitrogen and oxygen atoms in total. The van der Waals surface area contributed by atoms with E-state index < -0.39 is 5.97 Å². The summed E-state index contributed by atoms with van der Waals surface area (Å²) in [5, 5.41) is 7.54. The lowest BCUT2D eigenvalue weighted by Crippen LogP contribution is -2.32. The molecular weight excluding hydrogens is 438 g/mol. The van der Waals surface area contributed by atoms with Crippen LogP contribution in [0.15, 0.2) is 97.1 Å². The van der Waals surface area contributed by atoms with Crippen LogP contribution < -0.4 is 5.32 Å². The Bertz CT molecular complexity index is 1270. The Kier molecular flexibility index (Phi) is 7.53. The molecule has 0 fully saturated rings. The summed E-state index contributed by atoms with van der Waals surface area (Å²) in [6.45, 7) is 3.46. The summed E-state index contributed by atoms with van der Waals surface area (Å²) < 4.78 is 7.04. The zero-order valence-electron chi connectivity index (χ0n) is 19.7. The van der Waals surface area contributed by atoms with Gasteiger partial charge in [-0.15, -0.1) is 0 Å². The lowest BCUT2D eigenvalue weighted by atomic mass is 9.99. The van der Waals surface area contributed by atoms with Crippen LogP contribution in [-0.4, -0.2) is 28.3 Å². The van der Waals surface area contributed by atoms with Crippen molar-refractivity contribution in [3.63, 3.8) is 0 Å². The topological polar surface area (TPSA) is 73.2 Å². The van der Waals surface area contributed by atoms with Crippen LogP contribution in [0.25, 0.3) is 11.8 Å². The summed E-state index contributed by atoms with van der Waals surface area (Å²) in [7, 11) is 0. The first-order valence-corrected chi connectivity index (χ1v) is 11.4. The molecular formula is C29H27N3O3. The zero-order valence-corrected chi connectivity index (χ0v) is 19.7. The van der Waals surface area contributed by atoms with Gasteiger partial charge in [-0.1, -0.05) is 78.9 Å². The van der Waals surface area contributed by atoms with Gasteiger partial charge in [-0.05, 0) is 43.2 Å². The number of aryl methyl sites for hydroxylation is 1. The molecule has 0 radical (unpaired) electrons. The van der Waals surface area contributed by atoms with Crippen molar-refractivity contribution < 1.29 is 14.3 Å². The third kappa shape index (κ3) is 5.92. The van der Waals surface area contributed by atoms with Crippen molar-refractivity contribution in [3.05, 3.63) is 125 Å². The minimum Gasteiger partial charge on any atom is -0.452 e. The molecule has 3 aromatic carbocycles. The number of carbonyl (C=O) groups excluding carboxylic acids is 2. The highest BCUT2D eigenvalue weighted by atomic mass is 16.5. The van der Waals surface area contributed by atoms with E-state index in [4.69, 9.17) is 4.74 Å². The molecule has 0 aliphatic heterocycles. The van der Waals surface area contributed by atoms with Gasteiger partial charge in [0.2, 0.25) is 0 Å². The third-order valence-corrected chi connectivity index (χ3v) is 5.65. The number of amides is 1. The number of para-hydroxylation sites is 1. The van der Waals surface area contributed by atoms with Gasteiger partial charge in [0, 0.05) is 17.3 Å². The predicted octanol–water partition coefficient (Wildman–Crippen LogP) is 4.95. The maximum atomic E-state index is 12.6. The summed E-state index contributed by atoms with van der Waals surface area (Å²) in [5.74, 6) is -0.976. The summed E-state index contributed by atoms with van der Waals surface area (Å²) in [4.78, 5) is 25.0. The summed E-state index contributed by atoms with van der Waals surface area (Å²) in [6, 6.07) is 28.8. The Hall–Kier alpha value is -4.45. The Morgan fingerprint density at radius 3 is 2.00 bits per heavy atom. The van der Waals surface area contributed by atoms with Gasteiger partial charge in [-0.3, -0.25) is 4.79 Å². The highest BCUT2D eigenvalue weighted by Crippen LogP contribution is 2.22. The highest BCUT2D eigenvalue weighted by molar-refractivity contribution is 5.89. The number of benzene rings is 3. The van der Waals surface area contributed by atoms with E-state index in [1.807, 2.05) is 110 Å². The summed E-state index contributed by atoms with van der Waals surface area (Å²) in [6.07, 6.45) is 3.00. The first-order chi connectivity index (χ1) is 17.0. The molecule has 6 heteroatoms. The van der Waals surface area contributed by atoms with Crippen LogP contribution in [0.4, 0.5) is 0 Å². The summed E-state index contributed by atoms with van der Waals surface area (Å²) in [5.41, 5.74) is 5.37. The third-order valence-electron chi connectivity index (χ3n) is 5.65. The number of rotatable bonds is 8. The monoisotopic (exact) mass is 465 g/mol. The lowest BCUT2D eigenvalue weighted by molar-refractivity contribution is -0.143. The molecule has 1 amide bonds. The molecule has 0 unspecified atom stereocenters. The minimum absolute atomic E-state index is 0.340. The van der Waals surface area contributed by atoms with E-state index in [9.17, 15) is 9.59 Å². The van der Waals surface area contributed by atoms with Crippen LogP contribution in [0.2, 0.25) is 0 Å². The predicted molar refractivity (Wildman–Crippen MR) is 136 cm³/mol. The second-order valence-corrected chi connectivity index (χ2v) is 8.09. The van der Waals surface area contributed by atoms with Gasteiger partial charge in [0.05, 0.1) is 17.4 Å². The van der Waals surface area contributed by atoms with Crippen molar-refractivity contribution in [2.45, 2.75) is 19.9 Å². The van der Waals surface area contributed by atoms with Crippen LogP contribution in [0.3, 0.4) is 0 Å². The van der Waals surface area contributed by atoms with Crippen LogP contribution >= 0.6 is 0 Å². The molecule has 1 aromatic heterocycles. The largest absolute Gasteiger partial charge is 0.452 e. The van der Waals surface area contributed by atoms with E-state index in [0.717, 1.165) is 33.8 Å². The van der Waals surface area contributed by atoms with Crippen LogP contribution in [0.1, 0.15) is 34.1 Å². The molecule has 4 aromatic rings. The molecule has 0 atom stereocenters. The molecule has 0 saturated carbocycles. The molecule has 0 spiro atoms. The average Bonchev–Trinajstić information content (AvgIpc) is 3.19. The van der Waals surface area contributed by atoms with Crippen molar-refractivity contribution in [3.8, 4) is 5.69 Å². The van der Waals surface area contributed by atoms with Crippen LogP contribution in [0.5, 0.6) is 0 Å². The Labute approximate surface area is 204 Å². The summed E-state index contributed by atoms with van der Waals surface area (Å²) >= 11 is 0. The van der Waals surface area contributed by atoms with E-state index in [1.165, 1.54) is 6.08 Å². The van der Waals surface area contributed by atoms with Gasteiger partial charge in [-0.25, -0.2) is 9.48 Å². The number of hydrogen-bond acceptors (Lipinski definition) is 4. The molecule has 4 rings (SSSR count). The van der Waals surface area contributed by atoms with E-state index in [1.54, 1.807) is 6.08 Å². The van der Waals surface area contributed by atoms with Gasteiger partial charge in [0.25, 0.3) is 5.91 Å². The van der Waals surface area contributed by atoms with E-state index in [-0.39, 0.29) is 18.6 Å². The molecule has 0 saturated heterocycles. The maximum absolute atomic E-state index is 12.6. The fourth-order valence-electron chi connectivity index (χ4n) is 3.91. The quantitative estimate of drug-likeness (QED) is 0.295. The molecule has 0 aliphatic rings. The Morgan fingerprint density at radius 2 is 1.43 bits per heavy atom. The Balaban J connectivity index is 1.39. The highest BCUT2D eigenvalue weighted by Gasteiger charge is 2.17. The number of nitrogens with zero attached hydrogens (tertiary/aromatic N) is 2. The zero-order chi connectivity index (χ0) is 24.6. The Morgan fingerprint density at radius 1 is 0.886 bits per heavy atom. The van der Waals surface area contributed by atoms with Crippen molar-refractivity contribution in [1.82, 2.24) is 15.1 Å². The molecule has 1 heterocycles. The van der Waals surface area contributed by atoms with Crippen LogP contribution in [0, 0.1) is 13.8 Å². The van der Waals surface area contributed by atoms with Crippen molar-refractivity contribution >= 4 is 18.0 Å². The number of ether oxygens (including phenoxy) is 1. The fourth-order valence-corrected chi connectivity index (χ4v) is 3.91. The standard InChI is InChI=1S/C29H27N3O3/c1-21-26(22(2)32(31-21)25-16-10-5-11-17-25)18-19-28(34)35-20-27(33)30-29(23-12-6-3-7-13-23)24-14-8-4-9-15-24/h3-19,29H,20H2,1-2H3,(H,30,33). The van der Waals surface area contributed by atoms with Crippen molar-refractivity contribution in [2.24, 2.45) is 0 Å². The smallest absolute Gasteiger partial charge is 0.331 e. The first-order valence-electron chi connectivity index (χ1n) is 11.4. The maximum Gasteiger partial charge on any atom is 0.331 e.